The maximum Gasteiger partial charge on any atom is 0.142 e. The van der Waals surface area contributed by atoms with E-state index in [4.69, 9.17) is 11.6 Å². The van der Waals surface area contributed by atoms with Gasteiger partial charge in [0.25, 0.3) is 0 Å². The molecule has 74 valence electrons. The number of benzene rings is 1. The van der Waals surface area contributed by atoms with Gasteiger partial charge in [-0.15, -0.1) is 11.8 Å². The highest BCUT2D eigenvalue weighted by atomic mass is 35.5. The first kappa shape index (κ1) is 11.0. The van der Waals surface area contributed by atoms with Crippen LogP contribution in [0.2, 0.25) is 5.02 Å². The van der Waals surface area contributed by atoms with Crippen molar-refractivity contribution in [3.63, 3.8) is 0 Å². The summed E-state index contributed by atoms with van der Waals surface area (Å²) in [4.78, 5) is 0. The zero-order valence-electron chi connectivity index (χ0n) is 7.72. The molecule has 1 unspecified atom stereocenters. The third-order valence-corrected chi connectivity index (χ3v) is 2.11. The summed E-state index contributed by atoms with van der Waals surface area (Å²) in [6.45, 7) is 1.69. The first-order chi connectivity index (χ1) is 6.65. The van der Waals surface area contributed by atoms with Crippen molar-refractivity contribution in [2.75, 3.05) is 0 Å². The van der Waals surface area contributed by atoms with Crippen molar-refractivity contribution in [2.24, 2.45) is 0 Å². The lowest BCUT2D eigenvalue weighted by molar-refractivity contribution is 0.183. The smallest absolute Gasteiger partial charge is 0.142 e. The van der Waals surface area contributed by atoms with Gasteiger partial charge < -0.3 is 5.11 Å². The molecule has 0 saturated carbocycles. The summed E-state index contributed by atoms with van der Waals surface area (Å²) in [5.74, 6) is 4.87. The third kappa shape index (κ3) is 2.73. The molecular weight excluding hydrogens is 203 g/mol. The van der Waals surface area contributed by atoms with Gasteiger partial charge in [0.1, 0.15) is 5.82 Å². The molecule has 1 N–H and O–H groups in total. The molecule has 0 spiro atoms. The number of hydrogen-bond acceptors (Lipinski definition) is 1. The zero-order valence-corrected chi connectivity index (χ0v) is 8.48. The van der Waals surface area contributed by atoms with Crippen molar-refractivity contribution in [1.29, 1.82) is 0 Å². The number of hydrogen-bond donors (Lipinski definition) is 1. The number of halogens is 2. The molecule has 3 heteroatoms. The van der Waals surface area contributed by atoms with Gasteiger partial charge in [-0.25, -0.2) is 4.39 Å². The number of aliphatic hydroxyl groups is 1. The molecule has 14 heavy (non-hydrogen) atoms. The topological polar surface area (TPSA) is 20.2 Å². The molecule has 0 aliphatic carbocycles. The van der Waals surface area contributed by atoms with E-state index in [1.807, 2.05) is 0 Å². The van der Waals surface area contributed by atoms with Crippen LogP contribution in [-0.2, 0) is 0 Å². The molecule has 1 aromatic rings. The molecule has 0 heterocycles. The SMILES string of the molecule is CC#CCC(O)c1ccc(Cl)c(F)c1. The van der Waals surface area contributed by atoms with E-state index in [2.05, 4.69) is 11.8 Å². The van der Waals surface area contributed by atoms with E-state index < -0.39 is 11.9 Å². The Hall–Kier alpha value is -1.04. The normalized spacial score (nSPS) is 11.7. The van der Waals surface area contributed by atoms with Crippen LogP contribution in [0.1, 0.15) is 25.0 Å². The zero-order chi connectivity index (χ0) is 10.6. The predicted molar refractivity (Wildman–Crippen MR) is 54.4 cm³/mol. The van der Waals surface area contributed by atoms with Crippen molar-refractivity contribution < 1.29 is 9.50 Å². The van der Waals surface area contributed by atoms with E-state index >= 15 is 0 Å². The first-order valence-electron chi connectivity index (χ1n) is 4.17. The molecule has 0 aromatic heterocycles. The van der Waals surface area contributed by atoms with Crippen LogP contribution < -0.4 is 0 Å². The molecule has 0 saturated heterocycles. The van der Waals surface area contributed by atoms with Crippen molar-refractivity contribution >= 4 is 11.6 Å². The van der Waals surface area contributed by atoms with Gasteiger partial charge in [-0.3, -0.25) is 0 Å². The molecule has 0 aliphatic rings. The molecule has 0 fully saturated rings. The Morgan fingerprint density at radius 3 is 2.86 bits per heavy atom. The van der Waals surface area contributed by atoms with Crippen molar-refractivity contribution in [3.8, 4) is 11.8 Å². The molecule has 1 rings (SSSR count). The van der Waals surface area contributed by atoms with Crippen LogP contribution in [0.3, 0.4) is 0 Å². The largest absolute Gasteiger partial charge is 0.387 e. The van der Waals surface area contributed by atoms with Crippen LogP contribution in [-0.4, -0.2) is 5.11 Å². The third-order valence-electron chi connectivity index (χ3n) is 1.80. The Morgan fingerprint density at radius 2 is 2.29 bits per heavy atom. The summed E-state index contributed by atoms with van der Waals surface area (Å²) in [5, 5.41) is 9.61. The van der Waals surface area contributed by atoms with E-state index in [-0.39, 0.29) is 5.02 Å². The minimum absolute atomic E-state index is 0.0579. The van der Waals surface area contributed by atoms with Crippen LogP contribution in [0.25, 0.3) is 0 Å². The van der Waals surface area contributed by atoms with Crippen molar-refractivity contribution in [3.05, 3.63) is 34.6 Å². The standard InChI is InChI=1S/C11H10ClFO/c1-2-3-4-11(14)8-5-6-9(12)10(13)7-8/h5-7,11,14H,4H2,1H3. The molecule has 1 aromatic carbocycles. The Morgan fingerprint density at radius 1 is 1.57 bits per heavy atom. The Labute approximate surface area is 87.5 Å². The second-order valence-electron chi connectivity index (χ2n) is 2.82. The maximum absolute atomic E-state index is 13.0. The highest BCUT2D eigenvalue weighted by Crippen LogP contribution is 2.21. The fraction of sp³-hybridized carbons (Fsp3) is 0.273. The molecule has 1 nitrogen and oxygen atoms in total. The van der Waals surface area contributed by atoms with E-state index in [9.17, 15) is 9.50 Å². The molecule has 0 aliphatic heterocycles. The monoisotopic (exact) mass is 212 g/mol. The summed E-state index contributed by atoms with van der Waals surface area (Å²) < 4.78 is 13.0. The number of aliphatic hydroxyl groups excluding tert-OH is 1. The van der Waals surface area contributed by atoms with Crippen LogP contribution in [0.4, 0.5) is 4.39 Å². The molecule has 0 amide bonds. The molecular formula is C11H10ClFO. The Balaban J connectivity index is 2.83. The van der Waals surface area contributed by atoms with Crippen LogP contribution in [0, 0.1) is 17.7 Å². The summed E-state index contributed by atoms with van der Waals surface area (Å²) in [7, 11) is 0. The van der Waals surface area contributed by atoms with Gasteiger partial charge in [-0.1, -0.05) is 17.7 Å². The van der Waals surface area contributed by atoms with E-state index in [1.165, 1.54) is 12.1 Å². The van der Waals surface area contributed by atoms with Crippen molar-refractivity contribution in [1.82, 2.24) is 0 Å². The summed E-state index contributed by atoms with van der Waals surface area (Å²) in [6.07, 6.45) is -0.452. The van der Waals surface area contributed by atoms with Gasteiger partial charge in [-0.2, -0.15) is 0 Å². The van der Waals surface area contributed by atoms with E-state index in [1.54, 1.807) is 13.0 Å². The first-order valence-corrected chi connectivity index (χ1v) is 4.55. The average Bonchev–Trinajstić information content (AvgIpc) is 2.18. The summed E-state index contributed by atoms with van der Waals surface area (Å²) >= 11 is 5.51. The van der Waals surface area contributed by atoms with Gasteiger partial charge in [0.05, 0.1) is 11.1 Å². The highest BCUT2D eigenvalue weighted by molar-refractivity contribution is 6.30. The molecule has 0 bridgehead atoms. The highest BCUT2D eigenvalue weighted by Gasteiger charge is 2.08. The predicted octanol–water partition coefficient (Wildman–Crippen LogP) is 2.93. The quantitative estimate of drug-likeness (QED) is 0.748. The average molecular weight is 213 g/mol. The van der Waals surface area contributed by atoms with E-state index in [0.29, 0.717) is 12.0 Å². The van der Waals surface area contributed by atoms with Crippen molar-refractivity contribution in [2.45, 2.75) is 19.4 Å². The van der Waals surface area contributed by atoms with Gasteiger partial charge in [-0.05, 0) is 24.6 Å². The summed E-state index contributed by atoms with van der Waals surface area (Å²) in [5.41, 5.74) is 0.495. The lowest BCUT2D eigenvalue weighted by Crippen LogP contribution is -1.96. The molecule has 1 atom stereocenters. The maximum atomic E-state index is 13.0. The van der Waals surface area contributed by atoms with E-state index in [0.717, 1.165) is 0 Å². The second kappa shape index (κ2) is 4.99. The van der Waals surface area contributed by atoms with Gasteiger partial charge in [0.2, 0.25) is 0 Å². The molecule has 0 radical (unpaired) electrons. The summed E-state index contributed by atoms with van der Waals surface area (Å²) in [6, 6.07) is 4.24. The Bertz CT molecular complexity index is 379. The fourth-order valence-electron chi connectivity index (χ4n) is 1.04. The number of rotatable bonds is 2. The van der Waals surface area contributed by atoms with Crippen LogP contribution in [0.15, 0.2) is 18.2 Å². The van der Waals surface area contributed by atoms with Gasteiger partial charge in [0.15, 0.2) is 0 Å². The Kier molecular flexibility index (Phi) is 3.94. The minimum atomic E-state index is -0.755. The lowest BCUT2D eigenvalue weighted by atomic mass is 10.1. The second-order valence-corrected chi connectivity index (χ2v) is 3.23. The fourth-order valence-corrected chi connectivity index (χ4v) is 1.15. The minimum Gasteiger partial charge on any atom is -0.387 e. The lowest BCUT2D eigenvalue weighted by Gasteiger charge is -2.07. The van der Waals surface area contributed by atoms with Crippen LogP contribution in [0.5, 0.6) is 0 Å². The van der Waals surface area contributed by atoms with Gasteiger partial charge in [0, 0.05) is 6.42 Å². The van der Waals surface area contributed by atoms with Crippen LogP contribution >= 0.6 is 11.6 Å². The van der Waals surface area contributed by atoms with Gasteiger partial charge >= 0.3 is 0 Å².